The van der Waals surface area contributed by atoms with E-state index in [1.807, 2.05) is 62.8 Å². The molecule has 2 aliphatic carbocycles. The van der Waals surface area contributed by atoms with Gasteiger partial charge in [0.25, 0.3) is 0 Å². The van der Waals surface area contributed by atoms with Crippen LogP contribution in [0.25, 0.3) is 22.3 Å². The van der Waals surface area contributed by atoms with Gasteiger partial charge in [-0.1, -0.05) is 50.0 Å². The van der Waals surface area contributed by atoms with Crippen molar-refractivity contribution in [3.05, 3.63) is 77.4 Å². The van der Waals surface area contributed by atoms with Crippen molar-refractivity contribution in [1.29, 1.82) is 0 Å². The van der Waals surface area contributed by atoms with Crippen molar-refractivity contribution in [3.63, 3.8) is 0 Å². The minimum absolute atomic E-state index is 0.233. The fourth-order valence-electron chi connectivity index (χ4n) is 6.88. The van der Waals surface area contributed by atoms with Crippen molar-refractivity contribution >= 4 is 25.8 Å². The van der Waals surface area contributed by atoms with Crippen LogP contribution in [0.3, 0.4) is 0 Å². The first kappa shape index (κ1) is 36.6. The van der Waals surface area contributed by atoms with Gasteiger partial charge in [-0.3, -0.25) is 9.48 Å². The van der Waals surface area contributed by atoms with Gasteiger partial charge in [0.05, 0.1) is 17.9 Å². The molecule has 2 aromatic carbocycles. The Morgan fingerprint density at radius 3 is 2.41 bits per heavy atom. The number of carbonyl (C=O) groups excluding carboxylic acids is 2. The fraction of sp³-hybridized carbons (Fsp3) is 0.500. The van der Waals surface area contributed by atoms with Gasteiger partial charge in [-0.2, -0.15) is 10.2 Å². The summed E-state index contributed by atoms with van der Waals surface area (Å²) in [5.41, 5.74) is 8.37. The molecule has 2 aromatic heterocycles. The molecule has 2 N–H and O–H groups in total. The number of nitrogens with one attached hydrogen (secondary N) is 2. The lowest BCUT2D eigenvalue weighted by Gasteiger charge is -2.33. The summed E-state index contributed by atoms with van der Waals surface area (Å²) < 4.78 is 15.6. The van der Waals surface area contributed by atoms with Gasteiger partial charge in [0.2, 0.25) is 5.91 Å². The van der Waals surface area contributed by atoms with Crippen LogP contribution < -0.4 is 10.6 Å². The molecule has 1 saturated carbocycles. The molecule has 0 radical (unpaired) electrons. The lowest BCUT2D eigenvalue weighted by molar-refractivity contribution is -0.118. The maximum Gasteiger partial charge on any atom is 0.408 e. The van der Waals surface area contributed by atoms with E-state index < -0.39 is 25.8 Å². The van der Waals surface area contributed by atoms with E-state index in [0.717, 1.165) is 71.1 Å². The second kappa shape index (κ2) is 14.8. The van der Waals surface area contributed by atoms with E-state index >= 15 is 0 Å². The molecule has 0 bridgehead atoms. The summed E-state index contributed by atoms with van der Waals surface area (Å²) in [6, 6.07) is 15.1. The van der Waals surface area contributed by atoms with E-state index in [2.05, 4.69) is 71.4 Å². The second-order valence-electron chi connectivity index (χ2n) is 16.4. The van der Waals surface area contributed by atoms with Crippen LogP contribution in [0, 0.1) is 13.8 Å². The van der Waals surface area contributed by atoms with Crippen molar-refractivity contribution < 1.29 is 19.1 Å². The van der Waals surface area contributed by atoms with Gasteiger partial charge in [0, 0.05) is 49.3 Å². The van der Waals surface area contributed by atoms with E-state index in [9.17, 15) is 9.59 Å². The van der Waals surface area contributed by atoms with Crippen LogP contribution in [0.15, 0.2) is 54.9 Å². The molecule has 0 spiro atoms. The van der Waals surface area contributed by atoms with Gasteiger partial charge in [-0.25, -0.2) is 9.48 Å². The minimum atomic E-state index is -1.17. The van der Waals surface area contributed by atoms with Crippen molar-refractivity contribution in [2.24, 2.45) is 0 Å². The molecule has 51 heavy (non-hydrogen) atoms. The summed E-state index contributed by atoms with van der Waals surface area (Å²) >= 11 is 0. The molecule has 11 heteroatoms. The Labute approximate surface area is 303 Å². The number of amides is 2. The Kier molecular flexibility index (Phi) is 10.6. The zero-order valence-electron chi connectivity index (χ0n) is 31.5. The summed E-state index contributed by atoms with van der Waals surface area (Å²) in [5, 5.41) is 15.4. The summed E-state index contributed by atoms with van der Waals surface area (Å²) in [4.78, 5) is 27.4. The van der Waals surface area contributed by atoms with Gasteiger partial charge in [-0.15, -0.1) is 0 Å². The van der Waals surface area contributed by atoms with Crippen LogP contribution in [0.2, 0.25) is 25.7 Å². The smallest absolute Gasteiger partial charge is 0.408 e. The van der Waals surface area contributed by atoms with E-state index in [1.54, 1.807) is 0 Å². The van der Waals surface area contributed by atoms with E-state index in [-0.39, 0.29) is 11.8 Å². The van der Waals surface area contributed by atoms with Gasteiger partial charge in [0.1, 0.15) is 18.4 Å². The third kappa shape index (κ3) is 9.18. The van der Waals surface area contributed by atoms with Crippen LogP contribution >= 0.6 is 0 Å². The number of alkyl carbamates (subject to hydrolysis) is 1. The molecule has 0 aliphatic heterocycles. The zero-order chi connectivity index (χ0) is 36.5. The molecule has 2 atom stereocenters. The van der Waals surface area contributed by atoms with Crippen molar-refractivity contribution in [1.82, 2.24) is 24.9 Å². The molecule has 0 saturated heterocycles. The predicted molar refractivity (Wildman–Crippen MR) is 205 cm³/mol. The molecule has 6 rings (SSSR count). The van der Waals surface area contributed by atoms with E-state index in [4.69, 9.17) is 14.6 Å². The Balaban J connectivity index is 1.21. The number of benzene rings is 2. The highest BCUT2D eigenvalue weighted by molar-refractivity contribution is 6.76. The highest BCUT2D eigenvalue weighted by Gasteiger charge is 2.36. The van der Waals surface area contributed by atoms with Crippen LogP contribution in [-0.4, -0.2) is 57.9 Å². The maximum atomic E-state index is 14.2. The number of rotatable bonds is 12. The molecule has 4 aromatic rings. The Morgan fingerprint density at radius 1 is 1.00 bits per heavy atom. The first-order valence-corrected chi connectivity index (χ1v) is 22.1. The van der Waals surface area contributed by atoms with Crippen LogP contribution in [-0.2, 0) is 27.4 Å². The van der Waals surface area contributed by atoms with E-state index in [1.165, 1.54) is 18.4 Å². The lowest BCUT2D eigenvalue weighted by Crippen LogP contribution is -2.49. The highest BCUT2D eigenvalue weighted by atomic mass is 28.3. The molecule has 2 aliphatic rings. The molecule has 0 unspecified atom stereocenters. The zero-order valence-corrected chi connectivity index (χ0v) is 32.5. The normalized spacial score (nSPS) is 16.7. The van der Waals surface area contributed by atoms with Crippen LogP contribution in [0.1, 0.15) is 80.9 Å². The first-order valence-electron chi connectivity index (χ1n) is 18.3. The number of anilines is 1. The predicted octanol–water partition coefficient (Wildman–Crippen LogP) is 8.63. The number of aryl methyl sites for hydroxylation is 2. The largest absolute Gasteiger partial charge is 0.444 e. The Hall–Kier alpha value is -4.22. The Morgan fingerprint density at radius 2 is 1.73 bits per heavy atom. The lowest BCUT2D eigenvalue weighted by atomic mass is 9.77. The number of carbonyl (C=O) groups is 2. The third-order valence-corrected chi connectivity index (χ3v) is 11.5. The maximum absolute atomic E-state index is 14.2. The number of hydrogen-bond acceptors (Lipinski definition) is 6. The highest BCUT2D eigenvalue weighted by Crippen LogP contribution is 2.39. The number of nitrogens with zero attached hydrogens (tertiary/aromatic N) is 4. The molecule has 2 amide bonds. The summed E-state index contributed by atoms with van der Waals surface area (Å²) in [6.45, 7) is 17.7. The van der Waals surface area contributed by atoms with Crippen molar-refractivity contribution in [3.8, 4) is 22.3 Å². The summed E-state index contributed by atoms with van der Waals surface area (Å²) in [7, 11) is -1.17. The molecule has 10 nitrogen and oxygen atoms in total. The molecular formula is C40H54N6O4Si. The van der Waals surface area contributed by atoms with Crippen molar-refractivity contribution in [2.45, 2.75) is 123 Å². The fourth-order valence-corrected chi connectivity index (χ4v) is 7.64. The number of fused-ring (bicyclic) bond motifs is 1. The molecule has 1 fully saturated rings. The van der Waals surface area contributed by atoms with Crippen LogP contribution in [0.5, 0.6) is 0 Å². The second-order valence-corrected chi connectivity index (χ2v) is 22.1. The monoisotopic (exact) mass is 710 g/mol. The van der Waals surface area contributed by atoms with Gasteiger partial charge in [0.15, 0.2) is 0 Å². The van der Waals surface area contributed by atoms with Gasteiger partial charge in [-0.05, 0) is 107 Å². The first-order chi connectivity index (χ1) is 24.1. The standard InChI is InChI=1S/C40H54N6O4Si/c1-26-36(27(2)46(44-26)25-49-20-21-51(6,7)8)29-14-16-32(17-15-29)42-38(47)37(43-39(48)50-40(3,4)5)34-11-9-10-28-12-13-30(22-35(28)34)31-23-41-45(24-31)33-18-19-33/h12-17,22-24,33-34,37H,9-11,18-21,25H2,1-8H3,(H,42,47)(H,43,48)/t34-,37+/m1/s1. The topological polar surface area (TPSA) is 112 Å². The average molecular weight is 711 g/mol. The molecule has 272 valence electrons. The number of aromatic nitrogens is 4. The van der Waals surface area contributed by atoms with E-state index in [0.29, 0.717) is 18.5 Å². The Bertz CT molecular complexity index is 1860. The average Bonchev–Trinajstić information content (AvgIpc) is 3.72. The van der Waals surface area contributed by atoms with Gasteiger partial charge < -0.3 is 20.1 Å². The number of ether oxygens (including phenoxy) is 2. The van der Waals surface area contributed by atoms with Gasteiger partial charge >= 0.3 is 6.09 Å². The van der Waals surface area contributed by atoms with Crippen LogP contribution in [0.4, 0.5) is 10.5 Å². The third-order valence-electron chi connectivity index (χ3n) is 9.75. The SMILES string of the molecule is Cc1nn(COCC[Si](C)(C)C)c(C)c1-c1ccc(NC(=O)[C@@H](NC(=O)OC(C)(C)C)[C@@H]2CCCc3ccc(-c4cnn(C5CC5)c4)cc32)cc1. The quantitative estimate of drug-likeness (QED) is 0.113. The number of hydrogen-bond donors (Lipinski definition) is 2. The summed E-state index contributed by atoms with van der Waals surface area (Å²) in [6.07, 6.45) is 8.36. The van der Waals surface area contributed by atoms with Crippen molar-refractivity contribution in [2.75, 3.05) is 11.9 Å². The summed E-state index contributed by atoms with van der Waals surface area (Å²) in [5.74, 6) is -0.517. The minimum Gasteiger partial charge on any atom is -0.444 e. The molecular weight excluding hydrogens is 657 g/mol. The molecule has 2 heterocycles.